The van der Waals surface area contributed by atoms with Crippen LogP contribution in [0.4, 0.5) is 0 Å². The molecule has 1 saturated heterocycles. The monoisotopic (exact) mass is 297 g/mol. The number of rotatable bonds is 3. The third-order valence-electron chi connectivity index (χ3n) is 5.37. The van der Waals surface area contributed by atoms with Crippen LogP contribution in [0.15, 0.2) is 30.5 Å². The van der Waals surface area contributed by atoms with Gasteiger partial charge in [-0.3, -0.25) is 4.79 Å². The van der Waals surface area contributed by atoms with Gasteiger partial charge in [-0.25, -0.2) is 0 Å². The second-order valence-corrected chi connectivity index (χ2v) is 7.28. The van der Waals surface area contributed by atoms with Crippen LogP contribution in [0.2, 0.25) is 0 Å². The predicted molar refractivity (Wildman–Crippen MR) is 86.6 cm³/mol. The molecule has 1 unspecified atom stereocenters. The largest absolute Gasteiger partial charge is 0.347 e. The fraction of sp³-hybridized carbons (Fsp3) is 0.500. The van der Waals surface area contributed by atoms with E-state index in [1.165, 1.54) is 16.8 Å². The quantitative estimate of drug-likeness (QED) is 0.911. The first-order chi connectivity index (χ1) is 10.5. The molecule has 2 aromatic rings. The summed E-state index contributed by atoms with van der Waals surface area (Å²) in [5, 5.41) is 6.63. The number of pyridine rings is 1. The molecular formula is C18H23N3O. The molecule has 0 bridgehead atoms. The fourth-order valence-electron chi connectivity index (χ4n) is 4.09. The highest BCUT2D eigenvalue weighted by molar-refractivity contribution is 5.84. The lowest BCUT2D eigenvalue weighted by atomic mass is 9.94. The molecule has 1 aliphatic heterocycles. The normalized spacial score (nSPS) is 27.0. The molecule has 0 radical (unpaired) electrons. The van der Waals surface area contributed by atoms with Crippen molar-refractivity contribution in [2.24, 2.45) is 17.8 Å². The third kappa shape index (κ3) is 1.97. The van der Waals surface area contributed by atoms with Gasteiger partial charge in [0, 0.05) is 23.4 Å². The molecule has 4 rings (SSSR count). The van der Waals surface area contributed by atoms with Gasteiger partial charge in [-0.1, -0.05) is 6.07 Å². The number of nitrogens with zero attached hydrogens (tertiary/aromatic N) is 1. The van der Waals surface area contributed by atoms with Crippen LogP contribution >= 0.6 is 0 Å². The Labute approximate surface area is 130 Å². The maximum absolute atomic E-state index is 12.6. The van der Waals surface area contributed by atoms with Gasteiger partial charge in [0.15, 0.2) is 0 Å². The molecule has 3 atom stereocenters. The van der Waals surface area contributed by atoms with Crippen molar-refractivity contribution in [1.29, 1.82) is 0 Å². The number of piperidine rings is 1. The van der Waals surface area contributed by atoms with Crippen molar-refractivity contribution in [2.75, 3.05) is 13.1 Å². The molecule has 2 aliphatic rings. The number of hydrogen-bond acceptors (Lipinski definition) is 2. The first-order valence-corrected chi connectivity index (χ1v) is 8.09. The molecule has 1 saturated carbocycles. The molecule has 3 heterocycles. The second kappa shape index (κ2) is 4.59. The molecule has 1 amide bonds. The van der Waals surface area contributed by atoms with Crippen LogP contribution in [-0.2, 0) is 10.3 Å². The van der Waals surface area contributed by atoms with E-state index in [-0.39, 0.29) is 17.4 Å². The third-order valence-corrected chi connectivity index (χ3v) is 5.37. The Morgan fingerprint density at radius 2 is 2.05 bits per heavy atom. The highest BCUT2D eigenvalue weighted by Gasteiger charge is 2.57. The van der Waals surface area contributed by atoms with Crippen molar-refractivity contribution in [3.8, 4) is 0 Å². The van der Waals surface area contributed by atoms with Crippen LogP contribution in [0.3, 0.4) is 0 Å². The van der Waals surface area contributed by atoms with Gasteiger partial charge < -0.3 is 15.0 Å². The Bertz CT molecular complexity index is 736. The van der Waals surface area contributed by atoms with Gasteiger partial charge in [-0.05, 0) is 63.9 Å². The molecule has 0 aromatic carbocycles. The highest BCUT2D eigenvalue weighted by atomic mass is 16.2. The van der Waals surface area contributed by atoms with E-state index < -0.39 is 0 Å². The number of hydrogen-bond donors (Lipinski definition) is 2. The van der Waals surface area contributed by atoms with Crippen molar-refractivity contribution in [3.63, 3.8) is 0 Å². The fourth-order valence-corrected chi connectivity index (χ4v) is 4.09. The summed E-state index contributed by atoms with van der Waals surface area (Å²) in [6, 6.07) is 8.39. The number of amides is 1. The van der Waals surface area contributed by atoms with Gasteiger partial charge in [-0.2, -0.15) is 0 Å². The summed E-state index contributed by atoms with van der Waals surface area (Å²) >= 11 is 0. The zero-order valence-electron chi connectivity index (χ0n) is 13.4. The Balaban J connectivity index is 1.61. The summed E-state index contributed by atoms with van der Waals surface area (Å²) < 4.78 is 2.18. The van der Waals surface area contributed by atoms with E-state index in [1.807, 2.05) is 12.1 Å². The van der Waals surface area contributed by atoms with E-state index in [2.05, 4.69) is 54.1 Å². The maximum atomic E-state index is 12.6. The minimum Gasteiger partial charge on any atom is -0.347 e. The average Bonchev–Trinajstić information content (AvgIpc) is 2.82. The van der Waals surface area contributed by atoms with E-state index in [4.69, 9.17) is 0 Å². The lowest BCUT2D eigenvalue weighted by Crippen LogP contribution is -2.43. The zero-order chi connectivity index (χ0) is 15.5. The van der Waals surface area contributed by atoms with Crippen molar-refractivity contribution in [2.45, 2.75) is 26.3 Å². The van der Waals surface area contributed by atoms with Crippen LogP contribution in [0.1, 0.15) is 25.1 Å². The van der Waals surface area contributed by atoms with Gasteiger partial charge in [0.1, 0.15) is 0 Å². The van der Waals surface area contributed by atoms with Crippen molar-refractivity contribution >= 4 is 11.4 Å². The average molecular weight is 297 g/mol. The minimum absolute atomic E-state index is 0.217. The van der Waals surface area contributed by atoms with Crippen molar-refractivity contribution in [3.05, 3.63) is 41.7 Å². The number of carbonyl (C=O) groups is 1. The standard InChI is InChI=1S/C18H23N3O/c1-11-8-14(15-6-4-5-7-21(11)15)18(2,3)20-17(22)16-12-9-19-10-13(12)16/h4-8,12-13,16,19H,9-10H2,1-3H3,(H,20,22)/t12-,13+,16?. The summed E-state index contributed by atoms with van der Waals surface area (Å²) in [4.78, 5) is 12.6. The number of aryl methyl sites for hydroxylation is 1. The van der Waals surface area contributed by atoms with Gasteiger partial charge in [0.05, 0.1) is 11.1 Å². The molecule has 4 heteroatoms. The molecule has 22 heavy (non-hydrogen) atoms. The van der Waals surface area contributed by atoms with E-state index in [0.717, 1.165) is 13.1 Å². The van der Waals surface area contributed by atoms with Gasteiger partial charge in [-0.15, -0.1) is 0 Å². The smallest absolute Gasteiger partial charge is 0.224 e. The molecule has 4 nitrogen and oxygen atoms in total. The molecule has 2 aromatic heterocycles. The van der Waals surface area contributed by atoms with Gasteiger partial charge >= 0.3 is 0 Å². The van der Waals surface area contributed by atoms with E-state index in [0.29, 0.717) is 11.8 Å². The molecular weight excluding hydrogens is 274 g/mol. The lowest BCUT2D eigenvalue weighted by Gasteiger charge is -2.27. The van der Waals surface area contributed by atoms with Crippen LogP contribution < -0.4 is 10.6 Å². The summed E-state index contributed by atoms with van der Waals surface area (Å²) in [6.45, 7) is 8.30. The SMILES string of the molecule is Cc1cc(C(C)(C)NC(=O)C2[C@H]3CNC[C@@H]23)c2ccccn12. The Kier molecular flexibility index (Phi) is 2.89. The predicted octanol–water partition coefficient (Wildman–Crippen LogP) is 2.06. The minimum atomic E-state index is -0.359. The Morgan fingerprint density at radius 1 is 1.32 bits per heavy atom. The summed E-state index contributed by atoms with van der Waals surface area (Å²) in [5.41, 5.74) is 3.19. The lowest BCUT2D eigenvalue weighted by molar-refractivity contribution is -0.124. The number of nitrogens with one attached hydrogen (secondary N) is 2. The maximum Gasteiger partial charge on any atom is 0.224 e. The van der Waals surface area contributed by atoms with Crippen molar-refractivity contribution in [1.82, 2.24) is 15.0 Å². The number of carbonyl (C=O) groups excluding carboxylic acids is 1. The van der Waals surface area contributed by atoms with Crippen LogP contribution in [0.5, 0.6) is 0 Å². The summed E-state index contributed by atoms with van der Waals surface area (Å²) in [5.74, 6) is 1.55. The topological polar surface area (TPSA) is 45.5 Å². The first kappa shape index (κ1) is 13.8. The summed E-state index contributed by atoms with van der Waals surface area (Å²) in [6.07, 6.45) is 2.07. The van der Waals surface area contributed by atoms with Crippen molar-refractivity contribution < 1.29 is 4.79 Å². The molecule has 0 spiro atoms. The first-order valence-electron chi connectivity index (χ1n) is 8.09. The van der Waals surface area contributed by atoms with Crippen LogP contribution in [0.25, 0.3) is 5.52 Å². The van der Waals surface area contributed by atoms with E-state index in [9.17, 15) is 4.79 Å². The van der Waals surface area contributed by atoms with Gasteiger partial charge in [0.2, 0.25) is 5.91 Å². The summed E-state index contributed by atoms with van der Waals surface area (Å²) in [7, 11) is 0. The van der Waals surface area contributed by atoms with Crippen LogP contribution in [-0.4, -0.2) is 23.4 Å². The van der Waals surface area contributed by atoms with Crippen LogP contribution in [0, 0.1) is 24.7 Å². The van der Waals surface area contributed by atoms with E-state index >= 15 is 0 Å². The van der Waals surface area contributed by atoms with E-state index in [1.54, 1.807) is 0 Å². The number of fused-ring (bicyclic) bond motifs is 2. The van der Waals surface area contributed by atoms with Gasteiger partial charge in [0.25, 0.3) is 0 Å². The molecule has 2 fully saturated rings. The zero-order valence-corrected chi connectivity index (χ0v) is 13.4. The highest BCUT2D eigenvalue weighted by Crippen LogP contribution is 2.49. The second-order valence-electron chi connectivity index (χ2n) is 7.28. The number of aromatic nitrogens is 1. The molecule has 1 aliphatic carbocycles. The molecule has 116 valence electrons. The Hall–Kier alpha value is -1.81. The Morgan fingerprint density at radius 3 is 2.77 bits per heavy atom. The molecule has 2 N–H and O–H groups in total.